The summed E-state index contributed by atoms with van der Waals surface area (Å²) in [5, 5.41) is 15.8. The topological polar surface area (TPSA) is 45.1 Å². The lowest BCUT2D eigenvalue weighted by molar-refractivity contribution is -0.223. The summed E-state index contributed by atoms with van der Waals surface area (Å²) in [7, 11) is 0. The number of piperidine rings is 1. The van der Waals surface area contributed by atoms with Gasteiger partial charge in [-0.1, -0.05) is 12.1 Å². The van der Waals surface area contributed by atoms with E-state index in [1.54, 1.807) is 0 Å². The minimum Gasteiger partial charge on any atom is -0.391 e. The number of rotatable bonds is 0. The quantitative estimate of drug-likeness (QED) is 0.712. The molecule has 4 nitrogen and oxygen atoms in total. The summed E-state index contributed by atoms with van der Waals surface area (Å²) in [5.74, 6) is 0.503. The summed E-state index contributed by atoms with van der Waals surface area (Å²) in [5.41, 5.74) is 0.272. The van der Waals surface area contributed by atoms with Crippen LogP contribution in [0, 0.1) is 11.3 Å². The predicted octanol–water partition coefficient (Wildman–Crippen LogP) is 1.74. The Hall–Kier alpha value is -0.610. The van der Waals surface area contributed by atoms with Gasteiger partial charge in [0.2, 0.25) is 0 Å². The highest BCUT2D eigenvalue weighted by Crippen LogP contribution is 2.58. The molecule has 4 aliphatic rings. The third-order valence-electron chi connectivity index (χ3n) is 5.66. The molecule has 1 N–H and O–H groups in total. The molecule has 0 aromatic rings. The average Bonchev–Trinajstić information content (AvgIpc) is 2.64. The van der Waals surface area contributed by atoms with Crippen LogP contribution in [0.1, 0.15) is 45.4 Å². The Bertz CT molecular complexity index is 411. The van der Waals surface area contributed by atoms with Crippen molar-refractivity contribution in [3.8, 4) is 0 Å². The van der Waals surface area contributed by atoms with E-state index in [4.69, 9.17) is 4.84 Å². The van der Waals surface area contributed by atoms with E-state index in [0.29, 0.717) is 5.92 Å². The zero-order valence-electron chi connectivity index (χ0n) is 11.1. The fraction of sp³-hybridized carbons (Fsp3) is 0.929. The van der Waals surface area contributed by atoms with Crippen molar-refractivity contribution >= 4 is 5.71 Å². The lowest BCUT2D eigenvalue weighted by Crippen LogP contribution is -2.70. The standard InChI is InChI=1S/C14H22N2O2/c1-10-8-11-13-5-3-7-16(14(13,17)9-10)6-2-4-12(13)18-15-11/h10,12,17H,2-9H2,1H3/t10?,12-,13?,14?/m1/s1. The third-order valence-corrected chi connectivity index (χ3v) is 5.66. The van der Waals surface area contributed by atoms with Gasteiger partial charge in [0.15, 0.2) is 0 Å². The van der Waals surface area contributed by atoms with E-state index in [1.807, 2.05) is 0 Å². The number of hydrogen-bond donors (Lipinski definition) is 1. The first kappa shape index (κ1) is 11.2. The smallest absolute Gasteiger partial charge is 0.142 e. The highest BCUT2D eigenvalue weighted by atomic mass is 16.6. The summed E-state index contributed by atoms with van der Waals surface area (Å²) < 4.78 is 0. The van der Waals surface area contributed by atoms with E-state index in [1.165, 1.54) is 0 Å². The van der Waals surface area contributed by atoms with Crippen molar-refractivity contribution in [1.29, 1.82) is 0 Å². The molecule has 3 heterocycles. The van der Waals surface area contributed by atoms with Crippen LogP contribution in [-0.2, 0) is 4.84 Å². The molecule has 5 atom stereocenters. The molecule has 100 valence electrons. The minimum absolute atomic E-state index is 0.121. The van der Waals surface area contributed by atoms with Crippen LogP contribution in [0.4, 0.5) is 0 Å². The van der Waals surface area contributed by atoms with Gasteiger partial charge in [-0.3, -0.25) is 4.90 Å². The Morgan fingerprint density at radius 1 is 1.39 bits per heavy atom. The fourth-order valence-electron chi connectivity index (χ4n) is 4.98. The first-order valence-electron chi connectivity index (χ1n) is 7.37. The molecule has 4 rings (SSSR count). The fourth-order valence-corrected chi connectivity index (χ4v) is 4.98. The van der Waals surface area contributed by atoms with Gasteiger partial charge in [-0.05, 0) is 44.4 Å². The maximum Gasteiger partial charge on any atom is 0.142 e. The number of nitrogens with zero attached hydrogens (tertiary/aromatic N) is 2. The van der Waals surface area contributed by atoms with Gasteiger partial charge in [0, 0.05) is 13.1 Å². The summed E-state index contributed by atoms with van der Waals surface area (Å²) in [6.07, 6.45) is 6.38. The highest BCUT2D eigenvalue weighted by Gasteiger charge is 2.68. The van der Waals surface area contributed by atoms with E-state index in [2.05, 4.69) is 17.0 Å². The SMILES string of the molecule is CC1CC2=NO[C@@H]3CCCN4CCCC23C4(O)C1. The number of oxime groups is 1. The Kier molecular flexibility index (Phi) is 2.17. The summed E-state index contributed by atoms with van der Waals surface area (Å²) in [4.78, 5) is 8.07. The second kappa shape index (κ2) is 3.48. The van der Waals surface area contributed by atoms with Crippen LogP contribution in [0.25, 0.3) is 0 Å². The molecule has 0 amide bonds. The molecule has 4 unspecified atom stereocenters. The van der Waals surface area contributed by atoms with Crippen molar-refractivity contribution in [2.75, 3.05) is 13.1 Å². The molecule has 0 aromatic heterocycles. The van der Waals surface area contributed by atoms with Gasteiger partial charge in [0.25, 0.3) is 0 Å². The first-order valence-corrected chi connectivity index (χ1v) is 7.37. The summed E-state index contributed by atoms with van der Waals surface area (Å²) in [6.45, 7) is 4.27. The molecule has 2 bridgehead atoms. The van der Waals surface area contributed by atoms with Crippen LogP contribution >= 0.6 is 0 Å². The van der Waals surface area contributed by atoms with Crippen molar-refractivity contribution in [2.45, 2.75) is 57.3 Å². The lowest BCUT2D eigenvalue weighted by atomic mass is 9.57. The molecule has 4 heteroatoms. The monoisotopic (exact) mass is 250 g/mol. The average molecular weight is 250 g/mol. The molecule has 0 aromatic carbocycles. The molecule has 18 heavy (non-hydrogen) atoms. The number of hydrogen-bond acceptors (Lipinski definition) is 4. The Morgan fingerprint density at radius 2 is 2.22 bits per heavy atom. The maximum absolute atomic E-state index is 11.5. The van der Waals surface area contributed by atoms with Gasteiger partial charge in [-0.25, -0.2) is 0 Å². The van der Waals surface area contributed by atoms with Gasteiger partial charge < -0.3 is 9.94 Å². The zero-order chi connectivity index (χ0) is 12.4. The maximum atomic E-state index is 11.5. The molecule has 1 saturated carbocycles. The number of aliphatic hydroxyl groups is 1. The Morgan fingerprint density at radius 3 is 3.11 bits per heavy atom. The van der Waals surface area contributed by atoms with Crippen LogP contribution in [0.3, 0.4) is 0 Å². The van der Waals surface area contributed by atoms with Crippen LogP contribution in [-0.4, -0.2) is 40.6 Å². The Labute approximate surface area is 108 Å². The van der Waals surface area contributed by atoms with Gasteiger partial charge in [0.1, 0.15) is 11.8 Å². The second-order valence-corrected chi connectivity index (χ2v) is 6.67. The van der Waals surface area contributed by atoms with E-state index < -0.39 is 5.72 Å². The van der Waals surface area contributed by atoms with Gasteiger partial charge in [-0.2, -0.15) is 0 Å². The van der Waals surface area contributed by atoms with Crippen molar-refractivity contribution in [1.82, 2.24) is 4.90 Å². The molecule has 3 fully saturated rings. The summed E-state index contributed by atoms with van der Waals surface area (Å²) in [6, 6.07) is 0. The highest BCUT2D eigenvalue weighted by molar-refractivity contribution is 5.94. The zero-order valence-corrected chi connectivity index (χ0v) is 11.1. The second-order valence-electron chi connectivity index (χ2n) is 6.67. The van der Waals surface area contributed by atoms with E-state index >= 15 is 0 Å². The largest absolute Gasteiger partial charge is 0.391 e. The van der Waals surface area contributed by atoms with Crippen LogP contribution in [0.15, 0.2) is 5.16 Å². The van der Waals surface area contributed by atoms with Crippen LogP contribution in [0.5, 0.6) is 0 Å². The Balaban J connectivity index is 1.89. The summed E-state index contributed by atoms with van der Waals surface area (Å²) >= 11 is 0. The van der Waals surface area contributed by atoms with E-state index in [9.17, 15) is 5.11 Å². The molecule has 0 radical (unpaired) electrons. The van der Waals surface area contributed by atoms with Crippen LogP contribution in [0.2, 0.25) is 0 Å². The van der Waals surface area contributed by atoms with E-state index in [-0.39, 0.29) is 11.5 Å². The molecule has 1 spiro atoms. The van der Waals surface area contributed by atoms with Crippen LogP contribution < -0.4 is 0 Å². The van der Waals surface area contributed by atoms with Crippen molar-refractivity contribution in [3.63, 3.8) is 0 Å². The van der Waals surface area contributed by atoms with Gasteiger partial charge >= 0.3 is 0 Å². The predicted molar refractivity (Wildman–Crippen MR) is 68.1 cm³/mol. The van der Waals surface area contributed by atoms with Gasteiger partial charge in [-0.15, -0.1) is 0 Å². The minimum atomic E-state index is -0.695. The molecule has 3 aliphatic heterocycles. The van der Waals surface area contributed by atoms with Crippen molar-refractivity contribution in [2.24, 2.45) is 16.5 Å². The van der Waals surface area contributed by atoms with E-state index in [0.717, 1.165) is 57.3 Å². The molecule has 1 aliphatic carbocycles. The van der Waals surface area contributed by atoms with Crippen molar-refractivity contribution < 1.29 is 9.94 Å². The third kappa shape index (κ3) is 1.12. The molecular weight excluding hydrogens is 228 g/mol. The van der Waals surface area contributed by atoms with Crippen molar-refractivity contribution in [3.05, 3.63) is 0 Å². The first-order chi connectivity index (χ1) is 8.67. The molecule has 2 saturated heterocycles. The lowest BCUT2D eigenvalue weighted by Gasteiger charge is -2.58. The molecular formula is C14H22N2O2. The normalized spacial score (nSPS) is 54.1. The van der Waals surface area contributed by atoms with Gasteiger partial charge in [0.05, 0.1) is 11.1 Å².